The minimum atomic E-state index is -0.305. The van der Waals surface area contributed by atoms with E-state index in [-0.39, 0.29) is 30.8 Å². The lowest BCUT2D eigenvalue weighted by atomic mass is 10.0. The Labute approximate surface area is 161 Å². The highest BCUT2D eigenvalue weighted by atomic mass is 19.1. The number of ether oxygens (including phenoxy) is 2. The standard InChI is InChI=1S/C20H19FN4O3/c1-2-27-18-9-14(16-10-19(26)24-20-22-12-23-25(16)20)6-7-17(18)28-11-13-4-3-5-15(21)8-13/h3-9,12,16H,2,10-11H2,1H3,(H,22,23,24,26)/t16-/m0/s1. The Morgan fingerprint density at radius 3 is 2.93 bits per heavy atom. The number of amides is 1. The third-order valence-electron chi connectivity index (χ3n) is 4.43. The van der Waals surface area contributed by atoms with Crippen LogP contribution in [0.5, 0.6) is 11.5 Å². The van der Waals surface area contributed by atoms with Gasteiger partial charge in [-0.2, -0.15) is 10.1 Å². The Kier molecular flexibility index (Phi) is 4.92. The van der Waals surface area contributed by atoms with Gasteiger partial charge in [-0.3, -0.25) is 10.1 Å². The van der Waals surface area contributed by atoms with Gasteiger partial charge < -0.3 is 9.47 Å². The third-order valence-corrected chi connectivity index (χ3v) is 4.43. The summed E-state index contributed by atoms with van der Waals surface area (Å²) in [4.78, 5) is 16.1. The molecule has 8 heteroatoms. The largest absolute Gasteiger partial charge is 0.490 e. The number of hydrogen-bond donors (Lipinski definition) is 1. The van der Waals surface area contributed by atoms with E-state index in [2.05, 4.69) is 15.4 Å². The molecule has 1 N–H and O–H groups in total. The lowest BCUT2D eigenvalue weighted by Crippen LogP contribution is -2.29. The molecule has 1 aromatic heterocycles. The number of aromatic nitrogens is 3. The van der Waals surface area contributed by atoms with Gasteiger partial charge in [-0.15, -0.1) is 0 Å². The second-order valence-corrected chi connectivity index (χ2v) is 6.35. The summed E-state index contributed by atoms with van der Waals surface area (Å²) in [6, 6.07) is 11.5. The number of carbonyl (C=O) groups is 1. The van der Waals surface area contributed by atoms with Gasteiger partial charge in [0.1, 0.15) is 18.8 Å². The maximum atomic E-state index is 13.4. The fraction of sp³-hybridized carbons (Fsp3) is 0.250. The number of halogens is 1. The number of hydrogen-bond acceptors (Lipinski definition) is 5. The molecule has 4 rings (SSSR count). The molecule has 2 heterocycles. The molecule has 1 atom stereocenters. The first-order chi connectivity index (χ1) is 13.6. The van der Waals surface area contributed by atoms with Crippen LogP contribution in [0.4, 0.5) is 10.3 Å². The van der Waals surface area contributed by atoms with Crippen molar-refractivity contribution < 1.29 is 18.7 Å². The number of benzene rings is 2. The predicted molar refractivity (Wildman–Crippen MR) is 99.8 cm³/mol. The normalized spacial score (nSPS) is 15.6. The summed E-state index contributed by atoms with van der Waals surface area (Å²) in [6.07, 6.45) is 1.67. The molecule has 0 spiro atoms. The smallest absolute Gasteiger partial charge is 0.229 e. The average Bonchev–Trinajstić information content (AvgIpc) is 3.15. The maximum absolute atomic E-state index is 13.4. The van der Waals surface area contributed by atoms with Gasteiger partial charge in [-0.25, -0.2) is 9.07 Å². The summed E-state index contributed by atoms with van der Waals surface area (Å²) < 4.78 is 26.6. The number of nitrogens with zero attached hydrogens (tertiary/aromatic N) is 3. The summed E-state index contributed by atoms with van der Waals surface area (Å²) >= 11 is 0. The molecule has 0 saturated carbocycles. The molecule has 0 bridgehead atoms. The number of rotatable bonds is 6. The SMILES string of the molecule is CCOc1cc([C@@H]2CC(=O)Nc3ncnn32)ccc1OCc1cccc(F)c1. The van der Waals surface area contributed by atoms with E-state index < -0.39 is 0 Å². The first kappa shape index (κ1) is 18.0. The third kappa shape index (κ3) is 3.66. The highest BCUT2D eigenvalue weighted by Crippen LogP contribution is 2.35. The molecule has 0 radical (unpaired) electrons. The molecule has 0 saturated heterocycles. The minimum absolute atomic E-state index is 0.116. The van der Waals surface area contributed by atoms with Gasteiger partial charge in [0, 0.05) is 0 Å². The van der Waals surface area contributed by atoms with Crippen molar-refractivity contribution in [2.24, 2.45) is 0 Å². The van der Waals surface area contributed by atoms with Crippen LogP contribution < -0.4 is 14.8 Å². The predicted octanol–water partition coefficient (Wildman–Crippen LogP) is 3.33. The summed E-state index contributed by atoms with van der Waals surface area (Å²) in [6.45, 7) is 2.56. The van der Waals surface area contributed by atoms with Crippen LogP contribution in [-0.2, 0) is 11.4 Å². The summed E-state index contributed by atoms with van der Waals surface area (Å²) in [7, 11) is 0. The number of anilines is 1. The monoisotopic (exact) mass is 382 g/mol. The molecule has 1 amide bonds. The van der Waals surface area contributed by atoms with Crippen molar-refractivity contribution in [1.82, 2.24) is 14.8 Å². The summed E-state index contributed by atoms with van der Waals surface area (Å²) in [5.41, 5.74) is 1.59. The van der Waals surface area contributed by atoms with Gasteiger partial charge in [0.05, 0.1) is 19.1 Å². The van der Waals surface area contributed by atoms with E-state index >= 15 is 0 Å². The maximum Gasteiger partial charge on any atom is 0.229 e. The summed E-state index contributed by atoms with van der Waals surface area (Å²) in [5, 5.41) is 6.91. The van der Waals surface area contributed by atoms with Crippen molar-refractivity contribution in [3.8, 4) is 11.5 Å². The molecule has 0 fully saturated rings. The van der Waals surface area contributed by atoms with Crippen molar-refractivity contribution in [2.45, 2.75) is 26.0 Å². The van der Waals surface area contributed by atoms with Crippen LogP contribution in [0.2, 0.25) is 0 Å². The Morgan fingerprint density at radius 1 is 1.21 bits per heavy atom. The van der Waals surface area contributed by atoms with Crippen molar-refractivity contribution >= 4 is 11.9 Å². The van der Waals surface area contributed by atoms with E-state index in [1.165, 1.54) is 18.5 Å². The molecule has 28 heavy (non-hydrogen) atoms. The minimum Gasteiger partial charge on any atom is -0.490 e. The Morgan fingerprint density at radius 2 is 2.11 bits per heavy atom. The van der Waals surface area contributed by atoms with Crippen LogP contribution in [-0.4, -0.2) is 27.3 Å². The highest BCUT2D eigenvalue weighted by Gasteiger charge is 2.28. The fourth-order valence-corrected chi connectivity index (χ4v) is 3.17. The summed E-state index contributed by atoms with van der Waals surface area (Å²) in [5.74, 6) is 1.11. The number of nitrogens with one attached hydrogen (secondary N) is 1. The van der Waals surface area contributed by atoms with E-state index in [1.807, 2.05) is 19.1 Å². The van der Waals surface area contributed by atoms with Crippen LogP contribution in [0.25, 0.3) is 0 Å². The van der Waals surface area contributed by atoms with Gasteiger partial charge in [0.2, 0.25) is 11.9 Å². The van der Waals surface area contributed by atoms with Gasteiger partial charge in [0.25, 0.3) is 0 Å². The zero-order valence-corrected chi connectivity index (χ0v) is 15.3. The molecule has 0 aliphatic carbocycles. The van der Waals surface area contributed by atoms with E-state index in [0.29, 0.717) is 24.1 Å². The van der Waals surface area contributed by atoms with E-state index in [4.69, 9.17) is 9.47 Å². The molecule has 3 aromatic rings. The van der Waals surface area contributed by atoms with Crippen LogP contribution in [0, 0.1) is 5.82 Å². The van der Waals surface area contributed by atoms with Gasteiger partial charge in [0.15, 0.2) is 11.5 Å². The van der Waals surface area contributed by atoms with E-state index in [1.54, 1.807) is 22.9 Å². The molecule has 1 aliphatic rings. The average molecular weight is 382 g/mol. The Balaban J connectivity index is 1.60. The van der Waals surface area contributed by atoms with E-state index in [0.717, 1.165) is 11.1 Å². The van der Waals surface area contributed by atoms with Crippen molar-refractivity contribution in [3.05, 3.63) is 65.7 Å². The molecule has 2 aromatic carbocycles. The first-order valence-corrected chi connectivity index (χ1v) is 8.97. The number of fused-ring (bicyclic) bond motifs is 1. The molecular formula is C20H19FN4O3. The Hall–Kier alpha value is -3.42. The van der Waals surface area contributed by atoms with Gasteiger partial charge in [-0.1, -0.05) is 18.2 Å². The van der Waals surface area contributed by atoms with Gasteiger partial charge >= 0.3 is 0 Å². The Bertz CT molecular complexity index is 1000. The van der Waals surface area contributed by atoms with Gasteiger partial charge in [-0.05, 0) is 42.3 Å². The van der Waals surface area contributed by atoms with Crippen LogP contribution in [0.3, 0.4) is 0 Å². The van der Waals surface area contributed by atoms with Crippen molar-refractivity contribution in [2.75, 3.05) is 11.9 Å². The lowest BCUT2D eigenvalue weighted by Gasteiger charge is -2.24. The fourth-order valence-electron chi connectivity index (χ4n) is 3.17. The van der Waals surface area contributed by atoms with Crippen LogP contribution >= 0.6 is 0 Å². The topological polar surface area (TPSA) is 78.3 Å². The van der Waals surface area contributed by atoms with Crippen molar-refractivity contribution in [3.63, 3.8) is 0 Å². The van der Waals surface area contributed by atoms with Crippen molar-refractivity contribution in [1.29, 1.82) is 0 Å². The second-order valence-electron chi connectivity index (χ2n) is 6.35. The highest BCUT2D eigenvalue weighted by molar-refractivity contribution is 5.91. The second kappa shape index (κ2) is 7.67. The molecule has 144 valence electrons. The van der Waals surface area contributed by atoms with Crippen LogP contribution in [0.15, 0.2) is 48.8 Å². The quantitative estimate of drug-likeness (QED) is 0.708. The molecular weight excluding hydrogens is 363 g/mol. The zero-order chi connectivity index (χ0) is 19.5. The molecule has 7 nitrogen and oxygen atoms in total. The van der Waals surface area contributed by atoms with Crippen LogP contribution in [0.1, 0.15) is 30.5 Å². The first-order valence-electron chi connectivity index (χ1n) is 8.97. The zero-order valence-electron chi connectivity index (χ0n) is 15.3. The lowest BCUT2D eigenvalue weighted by molar-refractivity contribution is -0.117. The molecule has 1 aliphatic heterocycles. The van der Waals surface area contributed by atoms with E-state index in [9.17, 15) is 9.18 Å². The number of carbonyl (C=O) groups excluding carboxylic acids is 1. The molecule has 0 unspecified atom stereocenters.